The van der Waals surface area contributed by atoms with Crippen molar-refractivity contribution in [2.45, 2.75) is 27.7 Å². The van der Waals surface area contributed by atoms with Gasteiger partial charge in [-0.3, -0.25) is 9.13 Å². The number of benzene rings is 1. The molecule has 0 saturated carbocycles. The maximum Gasteiger partial charge on any atom is 0.369 e. The molecule has 0 spiro atoms. The van der Waals surface area contributed by atoms with Crippen molar-refractivity contribution in [2.24, 2.45) is 0 Å². The molecule has 0 aliphatic heterocycles. The summed E-state index contributed by atoms with van der Waals surface area (Å²) in [7, 11) is -5.31. The Kier molecular flexibility index (Phi) is 10.4. The molecule has 1 aromatic carbocycles. The monoisotopic (exact) mass is 452 g/mol. The largest absolute Gasteiger partial charge is 0.502 e. The SMILES string of the molecule is CCOP(=O)(OCC)C(=Cc1cc(OC)c(O)c(OC)c1)P(=O)(OCC)OCC. The van der Waals surface area contributed by atoms with Crippen LogP contribution >= 0.6 is 15.2 Å². The van der Waals surface area contributed by atoms with Crippen molar-refractivity contribution in [3.63, 3.8) is 0 Å². The molecular weight excluding hydrogens is 422 g/mol. The summed E-state index contributed by atoms with van der Waals surface area (Å²) < 4.78 is 59.0. The molecule has 0 aliphatic rings. The zero-order valence-corrected chi connectivity index (χ0v) is 19.5. The molecular formula is C18H30O9P2. The zero-order valence-electron chi connectivity index (χ0n) is 17.7. The summed E-state index contributed by atoms with van der Waals surface area (Å²) in [6, 6.07) is 2.92. The normalized spacial score (nSPS) is 11.9. The Balaban J connectivity index is 3.80. The second kappa shape index (κ2) is 11.7. The van der Waals surface area contributed by atoms with Gasteiger partial charge in [-0.15, -0.1) is 0 Å². The summed E-state index contributed by atoms with van der Waals surface area (Å²) in [5.74, 6) is 0.0183. The highest BCUT2D eigenvalue weighted by Crippen LogP contribution is 2.74. The number of hydrogen-bond acceptors (Lipinski definition) is 9. The van der Waals surface area contributed by atoms with Crippen LogP contribution in [0.1, 0.15) is 33.3 Å². The van der Waals surface area contributed by atoms with E-state index in [1.54, 1.807) is 27.7 Å². The maximum atomic E-state index is 13.5. The fraction of sp³-hybridized carbons (Fsp3) is 0.556. The Morgan fingerprint density at radius 2 is 1.17 bits per heavy atom. The molecule has 166 valence electrons. The molecule has 0 aromatic heterocycles. The van der Waals surface area contributed by atoms with Gasteiger partial charge < -0.3 is 32.7 Å². The van der Waals surface area contributed by atoms with Crippen molar-refractivity contribution in [2.75, 3.05) is 40.6 Å². The van der Waals surface area contributed by atoms with E-state index in [9.17, 15) is 14.2 Å². The van der Waals surface area contributed by atoms with E-state index in [-0.39, 0.29) is 48.7 Å². The van der Waals surface area contributed by atoms with Crippen molar-refractivity contribution in [3.05, 3.63) is 22.8 Å². The summed E-state index contributed by atoms with van der Waals surface area (Å²) >= 11 is 0. The lowest BCUT2D eigenvalue weighted by Gasteiger charge is -2.26. The lowest BCUT2D eigenvalue weighted by molar-refractivity contribution is 0.214. The highest BCUT2D eigenvalue weighted by Gasteiger charge is 2.45. The van der Waals surface area contributed by atoms with Crippen LogP contribution in [-0.2, 0) is 27.2 Å². The van der Waals surface area contributed by atoms with E-state index >= 15 is 0 Å². The molecule has 9 nitrogen and oxygen atoms in total. The van der Waals surface area contributed by atoms with Crippen molar-refractivity contribution in [3.8, 4) is 17.2 Å². The van der Waals surface area contributed by atoms with Crippen LogP contribution in [-0.4, -0.2) is 45.8 Å². The van der Waals surface area contributed by atoms with Gasteiger partial charge in [-0.2, -0.15) is 0 Å². The molecule has 0 bridgehead atoms. The van der Waals surface area contributed by atoms with E-state index in [1.807, 2.05) is 0 Å². The summed E-state index contributed by atoms with van der Waals surface area (Å²) in [6.45, 7) is 6.77. The van der Waals surface area contributed by atoms with Crippen LogP contribution in [0.25, 0.3) is 6.08 Å². The van der Waals surface area contributed by atoms with E-state index in [1.165, 1.54) is 32.4 Å². The molecule has 0 saturated heterocycles. The Labute approximate surface area is 172 Å². The third kappa shape index (κ3) is 6.32. The van der Waals surface area contributed by atoms with Gasteiger partial charge in [0.1, 0.15) is 0 Å². The van der Waals surface area contributed by atoms with Gasteiger partial charge in [0.15, 0.2) is 16.6 Å². The summed E-state index contributed by atoms with van der Waals surface area (Å²) in [6.07, 6.45) is 1.34. The Morgan fingerprint density at radius 1 is 0.828 bits per heavy atom. The molecule has 0 unspecified atom stereocenters. The van der Waals surface area contributed by atoms with Crippen molar-refractivity contribution in [1.82, 2.24) is 0 Å². The van der Waals surface area contributed by atoms with Crippen molar-refractivity contribution < 1.29 is 41.8 Å². The van der Waals surface area contributed by atoms with Gasteiger partial charge in [-0.25, -0.2) is 0 Å². The predicted molar refractivity (Wildman–Crippen MR) is 111 cm³/mol. The number of methoxy groups -OCH3 is 2. The number of aromatic hydroxyl groups is 1. The first-order chi connectivity index (χ1) is 13.7. The topological polar surface area (TPSA) is 110 Å². The standard InChI is InChI=1S/C18H30O9P2/c1-7-24-28(20,25-8-2)17(29(21,26-9-3)27-10-4)13-14-11-15(22-5)18(19)16(12-14)23-6/h11-13,19H,7-10H2,1-6H3. The zero-order chi connectivity index (χ0) is 22.1. The van der Waals surface area contributed by atoms with Gasteiger partial charge in [0.2, 0.25) is 5.75 Å². The van der Waals surface area contributed by atoms with Gasteiger partial charge in [-0.1, -0.05) is 0 Å². The molecule has 0 amide bonds. The molecule has 0 atom stereocenters. The number of phenols is 1. The van der Waals surface area contributed by atoms with Crippen LogP contribution in [0.3, 0.4) is 0 Å². The molecule has 0 aliphatic carbocycles. The van der Waals surface area contributed by atoms with Gasteiger partial charge >= 0.3 is 15.2 Å². The van der Waals surface area contributed by atoms with E-state index in [0.29, 0.717) is 5.56 Å². The van der Waals surface area contributed by atoms with Gasteiger partial charge in [0, 0.05) is 0 Å². The predicted octanol–water partition coefficient (Wildman–Crippen LogP) is 5.24. The molecule has 1 aromatic rings. The minimum Gasteiger partial charge on any atom is -0.502 e. The lowest BCUT2D eigenvalue weighted by atomic mass is 10.2. The third-order valence-electron chi connectivity index (χ3n) is 3.56. The summed E-state index contributed by atoms with van der Waals surface area (Å²) in [5, 5.41) is 9.88. The van der Waals surface area contributed by atoms with Gasteiger partial charge in [-0.05, 0) is 51.5 Å². The summed E-state index contributed by atoms with van der Waals surface area (Å²) in [5.41, 5.74) is 0.366. The number of ether oxygens (including phenoxy) is 2. The molecule has 1 rings (SSSR count). The minimum absolute atomic E-state index is 0.0507. The van der Waals surface area contributed by atoms with Crippen LogP contribution in [0.15, 0.2) is 17.2 Å². The molecule has 0 radical (unpaired) electrons. The van der Waals surface area contributed by atoms with E-state index < -0.39 is 15.2 Å². The van der Waals surface area contributed by atoms with Crippen molar-refractivity contribution in [1.29, 1.82) is 0 Å². The molecule has 0 heterocycles. The third-order valence-corrected chi connectivity index (χ3v) is 8.80. The van der Waals surface area contributed by atoms with Gasteiger partial charge in [0.25, 0.3) is 0 Å². The first-order valence-corrected chi connectivity index (χ1v) is 12.3. The first kappa shape index (κ1) is 25.7. The Bertz CT molecular complexity index is 715. The van der Waals surface area contributed by atoms with Crippen molar-refractivity contribution >= 4 is 21.3 Å². The number of hydrogen-bond donors (Lipinski definition) is 1. The Morgan fingerprint density at radius 3 is 1.45 bits per heavy atom. The second-order valence-corrected chi connectivity index (χ2v) is 9.78. The minimum atomic E-state index is -4.03. The number of rotatable bonds is 13. The van der Waals surface area contributed by atoms with E-state index in [4.69, 9.17) is 27.6 Å². The Hall–Kier alpha value is -1.34. The highest BCUT2D eigenvalue weighted by atomic mass is 31.2. The van der Waals surface area contributed by atoms with E-state index in [0.717, 1.165) is 0 Å². The van der Waals surface area contributed by atoms with Crippen LogP contribution in [0.5, 0.6) is 17.2 Å². The van der Waals surface area contributed by atoms with Crippen LogP contribution in [0, 0.1) is 0 Å². The van der Waals surface area contributed by atoms with Crippen LogP contribution in [0.4, 0.5) is 0 Å². The second-order valence-electron chi connectivity index (χ2n) is 5.44. The summed E-state index contributed by atoms with van der Waals surface area (Å²) in [4.78, 5) is 0. The van der Waals surface area contributed by atoms with Crippen LogP contribution in [0.2, 0.25) is 0 Å². The molecule has 1 N–H and O–H groups in total. The molecule has 29 heavy (non-hydrogen) atoms. The van der Waals surface area contributed by atoms with Crippen LogP contribution < -0.4 is 9.47 Å². The fourth-order valence-electron chi connectivity index (χ4n) is 2.47. The maximum absolute atomic E-state index is 13.5. The first-order valence-electron chi connectivity index (χ1n) is 9.21. The average molecular weight is 452 g/mol. The van der Waals surface area contributed by atoms with Gasteiger partial charge in [0.05, 0.1) is 40.6 Å². The molecule has 0 fully saturated rings. The van der Waals surface area contributed by atoms with E-state index in [2.05, 4.69) is 0 Å². The number of phenolic OH excluding ortho intramolecular Hbond substituents is 1. The average Bonchev–Trinajstić information content (AvgIpc) is 2.67. The fourth-order valence-corrected chi connectivity index (χ4v) is 7.02. The molecule has 11 heteroatoms. The quantitative estimate of drug-likeness (QED) is 0.402. The highest BCUT2D eigenvalue weighted by molar-refractivity contribution is 7.79. The smallest absolute Gasteiger partial charge is 0.369 e. The lowest BCUT2D eigenvalue weighted by Crippen LogP contribution is -2.05.